The molecule has 0 saturated carbocycles. The molecule has 4 heteroatoms. The second-order valence-electron chi connectivity index (χ2n) is 5.98. The number of fused-ring (bicyclic) bond motifs is 1. The molecule has 0 fully saturated rings. The zero-order chi connectivity index (χ0) is 15.9. The van der Waals surface area contributed by atoms with Gasteiger partial charge in [-0.3, -0.25) is 9.97 Å². The van der Waals surface area contributed by atoms with Gasteiger partial charge in [-0.25, -0.2) is 4.98 Å². The third-order valence-corrected chi connectivity index (χ3v) is 4.19. The third-order valence-electron chi connectivity index (χ3n) is 4.19. The first-order valence-corrected chi connectivity index (χ1v) is 8.61. The predicted molar refractivity (Wildman–Crippen MR) is 94.1 cm³/mol. The van der Waals surface area contributed by atoms with Gasteiger partial charge in [0.05, 0.1) is 11.9 Å². The largest absolute Gasteiger partial charge is 0.332 e. The molecule has 120 valence electrons. The summed E-state index contributed by atoms with van der Waals surface area (Å²) in [6, 6.07) is 6.27. The average molecular weight is 308 g/mol. The van der Waals surface area contributed by atoms with E-state index in [1.54, 1.807) is 18.6 Å². The Morgan fingerprint density at radius 1 is 0.913 bits per heavy atom. The first-order valence-electron chi connectivity index (χ1n) is 8.61. The smallest absolute Gasteiger partial charge is 0.140 e. The molecule has 0 spiro atoms. The predicted octanol–water partition coefficient (Wildman–Crippen LogP) is 4.85. The van der Waals surface area contributed by atoms with Crippen molar-refractivity contribution >= 4 is 11.0 Å². The molecule has 0 aromatic carbocycles. The standard InChI is InChI=1S/C19H24N4/c1-2-3-4-5-6-7-13-23-14-10-16-8-9-17(22-19(16)23)18-15-20-11-12-21-18/h8-12,14-15H,2-7,13H2,1H3. The van der Waals surface area contributed by atoms with Crippen LogP contribution in [0.15, 0.2) is 43.0 Å². The van der Waals surface area contributed by atoms with Gasteiger partial charge in [0, 0.05) is 30.5 Å². The van der Waals surface area contributed by atoms with Crippen molar-refractivity contribution in [2.45, 2.75) is 52.0 Å². The van der Waals surface area contributed by atoms with E-state index >= 15 is 0 Å². The Kier molecular flexibility index (Phi) is 5.35. The van der Waals surface area contributed by atoms with Crippen LogP contribution >= 0.6 is 0 Å². The molecule has 0 amide bonds. The second kappa shape index (κ2) is 7.86. The molecule has 3 aromatic heterocycles. The number of hydrogen-bond donors (Lipinski definition) is 0. The SMILES string of the molecule is CCCCCCCCn1ccc2ccc(-c3cnccn3)nc21. The fraction of sp³-hybridized carbons (Fsp3) is 0.421. The summed E-state index contributed by atoms with van der Waals surface area (Å²) in [5.41, 5.74) is 2.75. The summed E-state index contributed by atoms with van der Waals surface area (Å²) in [5, 5.41) is 1.18. The number of rotatable bonds is 8. The lowest BCUT2D eigenvalue weighted by Crippen LogP contribution is -1.99. The van der Waals surface area contributed by atoms with Gasteiger partial charge in [0.25, 0.3) is 0 Å². The molecule has 0 aliphatic heterocycles. The number of aryl methyl sites for hydroxylation is 1. The number of aromatic nitrogens is 4. The highest BCUT2D eigenvalue weighted by Crippen LogP contribution is 2.20. The molecule has 3 aromatic rings. The topological polar surface area (TPSA) is 43.6 Å². The number of nitrogens with zero attached hydrogens (tertiary/aromatic N) is 4. The molecule has 23 heavy (non-hydrogen) atoms. The van der Waals surface area contributed by atoms with Gasteiger partial charge in [0.1, 0.15) is 11.3 Å². The minimum atomic E-state index is 0.821. The van der Waals surface area contributed by atoms with Crippen molar-refractivity contribution in [2.24, 2.45) is 0 Å². The van der Waals surface area contributed by atoms with E-state index in [-0.39, 0.29) is 0 Å². The van der Waals surface area contributed by atoms with E-state index in [1.165, 1.54) is 43.9 Å². The van der Waals surface area contributed by atoms with E-state index < -0.39 is 0 Å². The van der Waals surface area contributed by atoms with Crippen LogP contribution in [-0.2, 0) is 6.54 Å². The van der Waals surface area contributed by atoms with Gasteiger partial charge in [0.15, 0.2) is 0 Å². The maximum Gasteiger partial charge on any atom is 0.140 e. The molecule has 0 radical (unpaired) electrons. The highest BCUT2D eigenvalue weighted by molar-refractivity contribution is 5.79. The van der Waals surface area contributed by atoms with Gasteiger partial charge >= 0.3 is 0 Å². The van der Waals surface area contributed by atoms with Crippen LogP contribution in [0, 0.1) is 0 Å². The molecule has 0 N–H and O–H groups in total. The molecule has 0 aliphatic carbocycles. The Hall–Kier alpha value is -2.23. The van der Waals surface area contributed by atoms with Gasteiger partial charge in [-0.15, -0.1) is 0 Å². The fourth-order valence-electron chi connectivity index (χ4n) is 2.88. The summed E-state index contributed by atoms with van der Waals surface area (Å²) in [6.45, 7) is 3.29. The van der Waals surface area contributed by atoms with E-state index in [4.69, 9.17) is 4.98 Å². The zero-order valence-electron chi connectivity index (χ0n) is 13.8. The molecule has 3 rings (SSSR count). The van der Waals surface area contributed by atoms with Crippen LogP contribution in [-0.4, -0.2) is 19.5 Å². The fourth-order valence-corrected chi connectivity index (χ4v) is 2.88. The molecule has 0 aliphatic rings. The molecular weight excluding hydrogens is 284 g/mol. The Morgan fingerprint density at radius 2 is 1.78 bits per heavy atom. The van der Waals surface area contributed by atoms with Crippen molar-refractivity contribution in [3.8, 4) is 11.4 Å². The lowest BCUT2D eigenvalue weighted by atomic mass is 10.1. The minimum Gasteiger partial charge on any atom is -0.332 e. The Balaban J connectivity index is 1.69. The average Bonchev–Trinajstić information content (AvgIpc) is 3.01. The Morgan fingerprint density at radius 3 is 2.61 bits per heavy atom. The molecule has 3 heterocycles. The summed E-state index contributed by atoms with van der Waals surface area (Å²) < 4.78 is 2.26. The van der Waals surface area contributed by atoms with Crippen molar-refractivity contribution < 1.29 is 0 Å². The van der Waals surface area contributed by atoms with Crippen LogP contribution in [0.1, 0.15) is 45.4 Å². The Bertz CT molecular complexity index is 733. The molecule has 4 nitrogen and oxygen atoms in total. The summed E-state index contributed by atoms with van der Waals surface area (Å²) in [5.74, 6) is 0. The van der Waals surface area contributed by atoms with Gasteiger partial charge in [-0.05, 0) is 24.6 Å². The quantitative estimate of drug-likeness (QED) is 0.558. The summed E-state index contributed by atoms with van der Waals surface area (Å²) in [4.78, 5) is 13.3. The molecule has 0 unspecified atom stereocenters. The van der Waals surface area contributed by atoms with E-state index in [0.29, 0.717) is 0 Å². The zero-order valence-corrected chi connectivity index (χ0v) is 13.8. The van der Waals surface area contributed by atoms with Gasteiger partial charge in [-0.2, -0.15) is 0 Å². The molecule has 0 atom stereocenters. The summed E-state index contributed by atoms with van der Waals surface area (Å²) in [7, 11) is 0. The van der Waals surface area contributed by atoms with Crippen LogP contribution in [0.5, 0.6) is 0 Å². The van der Waals surface area contributed by atoms with E-state index in [1.807, 2.05) is 6.07 Å². The molecular formula is C19H24N4. The minimum absolute atomic E-state index is 0.821. The van der Waals surface area contributed by atoms with E-state index in [0.717, 1.165) is 23.6 Å². The lowest BCUT2D eigenvalue weighted by Gasteiger charge is -2.06. The van der Waals surface area contributed by atoms with Gasteiger partial charge in [-0.1, -0.05) is 39.0 Å². The number of unbranched alkanes of at least 4 members (excludes halogenated alkanes) is 5. The van der Waals surface area contributed by atoms with Crippen LogP contribution in [0.3, 0.4) is 0 Å². The first kappa shape index (κ1) is 15.7. The third kappa shape index (κ3) is 3.95. The number of pyridine rings is 1. The van der Waals surface area contributed by atoms with Crippen LogP contribution < -0.4 is 0 Å². The Labute approximate surface area is 137 Å². The van der Waals surface area contributed by atoms with Crippen molar-refractivity contribution in [3.63, 3.8) is 0 Å². The van der Waals surface area contributed by atoms with Crippen molar-refractivity contribution in [2.75, 3.05) is 0 Å². The second-order valence-corrected chi connectivity index (χ2v) is 5.98. The normalized spacial score (nSPS) is 11.2. The van der Waals surface area contributed by atoms with Crippen molar-refractivity contribution in [1.29, 1.82) is 0 Å². The monoisotopic (exact) mass is 308 g/mol. The van der Waals surface area contributed by atoms with Crippen molar-refractivity contribution in [1.82, 2.24) is 19.5 Å². The number of hydrogen-bond acceptors (Lipinski definition) is 3. The van der Waals surface area contributed by atoms with Gasteiger partial charge in [0.2, 0.25) is 0 Å². The highest BCUT2D eigenvalue weighted by atomic mass is 15.0. The first-order chi connectivity index (χ1) is 11.4. The van der Waals surface area contributed by atoms with Crippen LogP contribution in [0.4, 0.5) is 0 Å². The van der Waals surface area contributed by atoms with Crippen LogP contribution in [0.25, 0.3) is 22.4 Å². The maximum atomic E-state index is 4.79. The molecule has 0 bridgehead atoms. The van der Waals surface area contributed by atoms with Gasteiger partial charge < -0.3 is 4.57 Å². The molecule has 0 saturated heterocycles. The van der Waals surface area contributed by atoms with E-state index in [2.05, 4.69) is 39.8 Å². The summed E-state index contributed by atoms with van der Waals surface area (Å²) in [6.07, 6.45) is 15.2. The van der Waals surface area contributed by atoms with Crippen LogP contribution in [0.2, 0.25) is 0 Å². The maximum absolute atomic E-state index is 4.79. The highest BCUT2D eigenvalue weighted by Gasteiger charge is 2.06. The summed E-state index contributed by atoms with van der Waals surface area (Å²) >= 11 is 0. The van der Waals surface area contributed by atoms with E-state index in [9.17, 15) is 0 Å². The van der Waals surface area contributed by atoms with Crippen molar-refractivity contribution in [3.05, 3.63) is 43.0 Å². The lowest BCUT2D eigenvalue weighted by molar-refractivity contribution is 0.564.